The number of ether oxygens (including phenoxy) is 1. The predicted molar refractivity (Wildman–Crippen MR) is 39.9 cm³/mol. The Balaban J connectivity index is 2.43. The maximum atomic E-state index is 5.27. The van der Waals surface area contributed by atoms with Gasteiger partial charge in [-0.2, -0.15) is 0 Å². The van der Waals surface area contributed by atoms with E-state index < -0.39 is 0 Å². The van der Waals surface area contributed by atoms with Crippen molar-refractivity contribution in [3.63, 3.8) is 0 Å². The number of rotatable bonds is 3. The van der Waals surface area contributed by atoms with Gasteiger partial charge in [-0.15, -0.1) is 0 Å². The van der Waals surface area contributed by atoms with Crippen LogP contribution in [0.3, 0.4) is 0 Å². The zero-order valence-corrected chi connectivity index (χ0v) is 6.05. The van der Waals surface area contributed by atoms with E-state index in [-0.39, 0.29) is 0 Å². The second kappa shape index (κ2) is 3.94. The zero-order chi connectivity index (χ0) is 7.23. The van der Waals surface area contributed by atoms with E-state index in [1.807, 2.05) is 12.1 Å². The minimum absolute atomic E-state index is 0.758. The molecule has 10 heavy (non-hydrogen) atoms. The topological polar surface area (TPSA) is 9.23 Å². The van der Waals surface area contributed by atoms with Crippen molar-refractivity contribution >= 4 is 0 Å². The van der Waals surface area contributed by atoms with Gasteiger partial charge >= 0.3 is 0 Å². The molecule has 0 amide bonds. The molecule has 1 rings (SSSR count). The maximum Gasteiger partial charge on any atom is 0.127 e. The summed E-state index contributed by atoms with van der Waals surface area (Å²) >= 11 is 0. The van der Waals surface area contributed by atoms with Crippen LogP contribution in [0.15, 0.2) is 18.2 Å². The van der Waals surface area contributed by atoms with Gasteiger partial charge < -0.3 is 4.74 Å². The monoisotopic (exact) mass is 134 g/mol. The van der Waals surface area contributed by atoms with E-state index in [1.165, 1.54) is 0 Å². The van der Waals surface area contributed by atoms with E-state index in [4.69, 9.17) is 4.74 Å². The van der Waals surface area contributed by atoms with Gasteiger partial charge in [-0.25, -0.2) is 0 Å². The van der Waals surface area contributed by atoms with E-state index in [1.54, 1.807) is 6.07 Å². The molecule has 0 unspecified atom stereocenters. The van der Waals surface area contributed by atoms with E-state index in [0.717, 1.165) is 18.8 Å². The molecule has 0 saturated carbocycles. The summed E-state index contributed by atoms with van der Waals surface area (Å²) in [6.07, 6.45) is 1.03. The molecule has 0 aliphatic carbocycles. The highest BCUT2D eigenvalue weighted by atomic mass is 16.5. The van der Waals surface area contributed by atoms with Gasteiger partial charge in [0.25, 0.3) is 0 Å². The van der Waals surface area contributed by atoms with E-state index in [0.29, 0.717) is 0 Å². The Morgan fingerprint density at radius 1 is 1.60 bits per heavy atom. The number of benzene rings is 1. The fourth-order valence-electron chi connectivity index (χ4n) is 0.634. The molecular formula is C9H10O. The van der Waals surface area contributed by atoms with Gasteiger partial charge in [-0.1, -0.05) is 19.1 Å². The first-order chi connectivity index (χ1) is 4.93. The van der Waals surface area contributed by atoms with Crippen LogP contribution in [0.1, 0.15) is 13.3 Å². The van der Waals surface area contributed by atoms with Gasteiger partial charge in [0, 0.05) is 6.07 Å². The predicted octanol–water partition coefficient (Wildman–Crippen LogP) is 2.08. The second-order valence-corrected chi connectivity index (χ2v) is 2.01. The van der Waals surface area contributed by atoms with Crippen LogP contribution in [0.2, 0.25) is 0 Å². The summed E-state index contributed by atoms with van der Waals surface area (Å²) in [5.74, 6) is 0.782. The molecule has 0 bridgehead atoms. The molecule has 0 aromatic heterocycles. The summed E-state index contributed by atoms with van der Waals surface area (Å²) in [5.41, 5.74) is 0. The standard InChI is InChI=1S/C9H10O/c1-2-8-10-9-6-4-3-5-7-9/h3-4,6H,2,8H2,1H3. The van der Waals surface area contributed by atoms with Crippen LogP contribution in [0, 0.1) is 12.1 Å². The van der Waals surface area contributed by atoms with Crippen LogP contribution in [0.25, 0.3) is 0 Å². The Morgan fingerprint density at radius 2 is 2.50 bits per heavy atom. The highest BCUT2D eigenvalue weighted by Crippen LogP contribution is 2.06. The van der Waals surface area contributed by atoms with Crippen molar-refractivity contribution in [2.75, 3.05) is 6.61 Å². The smallest absolute Gasteiger partial charge is 0.127 e. The van der Waals surface area contributed by atoms with E-state index in [9.17, 15) is 0 Å². The molecular weight excluding hydrogens is 124 g/mol. The average Bonchev–Trinajstić information content (AvgIpc) is 2.03. The minimum Gasteiger partial charge on any atom is -0.493 e. The van der Waals surface area contributed by atoms with Crippen LogP contribution in [-0.2, 0) is 0 Å². The van der Waals surface area contributed by atoms with Gasteiger partial charge in [0.15, 0.2) is 0 Å². The van der Waals surface area contributed by atoms with Crippen molar-refractivity contribution in [1.82, 2.24) is 0 Å². The fourth-order valence-corrected chi connectivity index (χ4v) is 0.634. The average molecular weight is 134 g/mol. The summed E-state index contributed by atoms with van der Waals surface area (Å²) in [4.78, 5) is 0. The molecule has 1 heteroatoms. The Kier molecular flexibility index (Phi) is 2.81. The Labute approximate surface area is 61.6 Å². The lowest BCUT2D eigenvalue weighted by Crippen LogP contribution is -1.93. The van der Waals surface area contributed by atoms with Gasteiger partial charge in [0.2, 0.25) is 0 Å². The lowest BCUT2D eigenvalue weighted by atomic mass is 10.3. The van der Waals surface area contributed by atoms with Gasteiger partial charge in [0.05, 0.1) is 6.61 Å². The van der Waals surface area contributed by atoms with Gasteiger partial charge in [0.1, 0.15) is 5.75 Å². The molecule has 0 atom stereocenters. The number of hydrogen-bond acceptors (Lipinski definition) is 1. The third-order valence-electron chi connectivity index (χ3n) is 1.08. The highest BCUT2D eigenvalue weighted by Gasteiger charge is 1.87. The van der Waals surface area contributed by atoms with Crippen LogP contribution in [0.5, 0.6) is 5.75 Å². The summed E-state index contributed by atoms with van der Waals surface area (Å²) in [6.45, 7) is 2.83. The minimum atomic E-state index is 0.758. The second-order valence-electron chi connectivity index (χ2n) is 2.01. The molecule has 0 saturated heterocycles. The van der Waals surface area contributed by atoms with Crippen LogP contribution in [0.4, 0.5) is 0 Å². The highest BCUT2D eigenvalue weighted by molar-refractivity contribution is 5.18. The first-order valence-corrected chi connectivity index (χ1v) is 3.44. The third-order valence-corrected chi connectivity index (χ3v) is 1.08. The van der Waals surface area contributed by atoms with Crippen molar-refractivity contribution in [1.29, 1.82) is 0 Å². The molecule has 0 heterocycles. The Hall–Kier alpha value is -0.980. The molecule has 1 aromatic carbocycles. The summed E-state index contributed by atoms with van der Waals surface area (Å²) in [7, 11) is 0. The third kappa shape index (κ3) is 2.09. The quantitative estimate of drug-likeness (QED) is 0.615. The Morgan fingerprint density at radius 3 is 3.10 bits per heavy atom. The number of hydrogen-bond donors (Lipinski definition) is 0. The molecule has 0 aliphatic heterocycles. The Bertz CT molecular complexity index is 169. The molecule has 0 aliphatic rings. The summed E-state index contributed by atoms with van der Waals surface area (Å²) in [5, 5.41) is 0. The largest absolute Gasteiger partial charge is 0.493 e. The molecule has 2 radical (unpaired) electrons. The summed E-state index contributed by atoms with van der Waals surface area (Å²) < 4.78 is 5.27. The first-order valence-electron chi connectivity index (χ1n) is 3.44. The SMILES string of the molecule is CCCOc1[c][c]ccc1. The normalized spacial score (nSPS) is 9.30. The molecule has 1 nitrogen and oxygen atoms in total. The van der Waals surface area contributed by atoms with Gasteiger partial charge in [-0.05, 0) is 18.6 Å². The van der Waals surface area contributed by atoms with Crippen LogP contribution in [-0.4, -0.2) is 6.61 Å². The lowest BCUT2D eigenvalue weighted by Gasteiger charge is -2.00. The molecule has 52 valence electrons. The van der Waals surface area contributed by atoms with Crippen molar-refractivity contribution < 1.29 is 4.74 Å². The van der Waals surface area contributed by atoms with Crippen LogP contribution < -0.4 is 4.74 Å². The maximum absolute atomic E-state index is 5.27. The molecule has 0 N–H and O–H groups in total. The zero-order valence-electron chi connectivity index (χ0n) is 6.05. The van der Waals surface area contributed by atoms with Crippen molar-refractivity contribution in [3.05, 3.63) is 30.3 Å². The first kappa shape index (κ1) is 7.13. The molecule has 0 fully saturated rings. The van der Waals surface area contributed by atoms with Crippen molar-refractivity contribution in [2.45, 2.75) is 13.3 Å². The van der Waals surface area contributed by atoms with E-state index in [2.05, 4.69) is 19.1 Å². The fraction of sp³-hybridized carbons (Fsp3) is 0.333. The van der Waals surface area contributed by atoms with Crippen molar-refractivity contribution in [2.24, 2.45) is 0 Å². The summed E-state index contributed by atoms with van der Waals surface area (Å²) in [6, 6.07) is 11.3. The van der Waals surface area contributed by atoms with E-state index >= 15 is 0 Å². The lowest BCUT2D eigenvalue weighted by molar-refractivity contribution is 0.316. The molecule has 0 spiro atoms. The van der Waals surface area contributed by atoms with Gasteiger partial charge in [-0.3, -0.25) is 0 Å². The molecule has 1 aromatic rings. The van der Waals surface area contributed by atoms with Crippen molar-refractivity contribution in [3.8, 4) is 5.75 Å². The van der Waals surface area contributed by atoms with Crippen LogP contribution >= 0.6 is 0 Å².